The zero-order valence-corrected chi connectivity index (χ0v) is 11.2. The Morgan fingerprint density at radius 1 is 1.32 bits per heavy atom. The third-order valence-corrected chi connectivity index (χ3v) is 2.77. The molecular weight excluding hydrogens is 250 g/mol. The molecule has 1 rings (SSSR count). The van der Waals surface area contributed by atoms with Crippen molar-refractivity contribution in [2.24, 2.45) is 0 Å². The molecule has 5 heteroatoms. The van der Waals surface area contributed by atoms with Crippen LogP contribution < -0.4 is 10.6 Å². The fourth-order valence-electron chi connectivity index (χ4n) is 1.56. The van der Waals surface area contributed by atoms with E-state index in [0.717, 1.165) is 6.42 Å². The molecular formula is C14H20F2N2O. The Morgan fingerprint density at radius 3 is 2.53 bits per heavy atom. The molecule has 0 aromatic heterocycles. The van der Waals surface area contributed by atoms with Crippen LogP contribution in [0.4, 0.5) is 8.78 Å². The average Bonchev–Trinajstić information content (AvgIpc) is 2.43. The summed E-state index contributed by atoms with van der Waals surface area (Å²) >= 11 is 0. The lowest BCUT2D eigenvalue weighted by molar-refractivity contribution is -0.123. The average molecular weight is 270 g/mol. The highest BCUT2D eigenvalue weighted by atomic mass is 19.3. The van der Waals surface area contributed by atoms with Gasteiger partial charge < -0.3 is 10.6 Å². The molecule has 0 spiro atoms. The Hall–Kier alpha value is -1.49. The highest BCUT2D eigenvalue weighted by molar-refractivity contribution is 5.81. The van der Waals surface area contributed by atoms with Crippen LogP contribution in [0.2, 0.25) is 0 Å². The minimum atomic E-state index is -2.99. The maximum atomic E-state index is 13.8. The molecule has 0 aliphatic rings. The van der Waals surface area contributed by atoms with Crippen molar-refractivity contribution in [1.82, 2.24) is 10.6 Å². The lowest BCUT2D eigenvalue weighted by Crippen LogP contribution is -2.45. The third kappa shape index (κ3) is 4.95. The molecule has 1 aromatic rings. The van der Waals surface area contributed by atoms with Gasteiger partial charge in [-0.3, -0.25) is 4.79 Å². The molecule has 19 heavy (non-hydrogen) atoms. The number of alkyl halides is 2. The molecule has 2 N–H and O–H groups in total. The molecule has 0 fully saturated rings. The molecule has 0 saturated carbocycles. The summed E-state index contributed by atoms with van der Waals surface area (Å²) in [5.41, 5.74) is -0.0522. The summed E-state index contributed by atoms with van der Waals surface area (Å²) in [5, 5.41) is 5.23. The monoisotopic (exact) mass is 270 g/mol. The van der Waals surface area contributed by atoms with E-state index in [-0.39, 0.29) is 11.5 Å². The van der Waals surface area contributed by atoms with E-state index in [9.17, 15) is 13.6 Å². The quantitative estimate of drug-likeness (QED) is 0.798. The van der Waals surface area contributed by atoms with Crippen LogP contribution in [-0.2, 0) is 10.7 Å². The molecule has 0 aliphatic heterocycles. The first kappa shape index (κ1) is 15.6. The summed E-state index contributed by atoms with van der Waals surface area (Å²) in [6, 6.07) is 6.95. The number of hydrogen-bond donors (Lipinski definition) is 2. The molecule has 0 radical (unpaired) electrons. The molecule has 0 aliphatic carbocycles. The molecule has 0 saturated heterocycles. The van der Waals surface area contributed by atoms with Crippen LogP contribution in [0.3, 0.4) is 0 Å². The topological polar surface area (TPSA) is 41.1 Å². The van der Waals surface area contributed by atoms with E-state index in [1.807, 2.05) is 6.92 Å². The number of amides is 1. The zero-order chi connectivity index (χ0) is 14.3. The van der Waals surface area contributed by atoms with Gasteiger partial charge in [0.25, 0.3) is 5.92 Å². The van der Waals surface area contributed by atoms with Crippen LogP contribution in [0.1, 0.15) is 25.8 Å². The van der Waals surface area contributed by atoms with Crippen LogP contribution >= 0.6 is 0 Å². The number of hydrogen-bond acceptors (Lipinski definition) is 2. The number of rotatable bonds is 7. The van der Waals surface area contributed by atoms with E-state index in [1.54, 1.807) is 25.1 Å². The summed E-state index contributed by atoms with van der Waals surface area (Å²) < 4.78 is 27.7. The number of nitrogens with one attached hydrogen (secondary N) is 2. The van der Waals surface area contributed by atoms with Gasteiger partial charge in [0, 0.05) is 12.1 Å². The molecule has 1 unspecified atom stereocenters. The Kier molecular flexibility index (Phi) is 5.89. The van der Waals surface area contributed by atoms with E-state index >= 15 is 0 Å². The van der Waals surface area contributed by atoms with Gasteiger partial charge in [0.15, 0.2) is 0 Å². The standard InChI is InChI=1S/C14H20F2N2O/c1-3-9-17-13(19)11(2)18-10-14(15,16)12-7-5-4-6-8-12/h4-8,11,18H,3,9-10H2,1-2H3,(H,17,19). The van der Waals surface area contributed by atoms with Gasteiger partial charge in [-0.1, -0.05) is 37.3 Å². The Labute approximate surface area is 112 Å². The maximum absolute atomic E-state index is 13.8. The predicted molar refractivity (Wildman–Crippen MR) is 71.1 cm³/mol. The number of carbonyl (C=O) groups is 1. The predicted octanol–water partition coefficient (Wildman–Crippen LogP) is 2.28. The third-order valence-electron chi connectivity index (χ3n) is 2.77. The van der Waals surface area contributed by atoms with Crippen molar-refractivity contribution >= 4 is 5.91 Å². The van der Waals surface area contributed by atoms with Gasteiger partial charge in [-0.15, -0.1) is 0 Å². The summed E-state index contributed by atoms with van der Waals surface area (Å²) in [5.74, 6) is -3.24. The van der Waals surface area contributed by atoms with Gasteiger partial charge in [-0.05, 0) is 13.3 Å². The summed E-state index contributed by atoms with van der Waals surface area (Å²) in [7, 11) is 0. The summed E-state index contributed by atoms with van der Waals surface area (Å²) in [6.45, 7) is 3.51. The van der Waals surface area contributed by atoms with E-state index in [0.29, 0.717) is 6.54 Å². The minimum absolute atomic E-state index is 0.0522. The highest BCUT2D eigenvalue weighted by Crippen LogP contribution is 2.26. The van der Waals surface area contributed by atoms with Crippen molar-refractivity contribution < 1.29 is 13.6 Å². The van der Waals surface area contributed by atoms with Crippen molar-refractivity contribution in [3.8, 4) is 0 Å². The second-order valence-corrected chi connectivity index (χ2v) is 4.46. The first-order valence-corrected chi connectivity index (χ1v) is 6.42. The van der Waals surface area contributed by atoms with Gasteiger partial charge >= 0.3 is 0 Å². The number of carbonyl (C=O) groups excluding carboxylic acids is 1. The lowest BCUT2D eigenvalue weighted by atomic mass is 10.1. The number of halogens is 2. The van der Waals surface area contributed by atoms with E-state index in [2.05, 4.69) is 10.6 Å². The van der Waals surface area contributed by atoms with Gasteiger partial charge in [-0.25, -0.2) is 0 Å². The van der Waals surface area contributed by atoms with Gasteiger partial charge in [0.05, 0.1) is 12.6 Å². The first-order chi connectivity index (χ1) is 8.97. The largest absolute Gasteiger partial charge is 0.355 e. The Balaban J connectivity index is 2.49. The Morgan fingerprint density at radius 2 is 1.95 bits per heavy atom. The lowest BCUT2D eigenvalue weighted by Gasteiger charge is -2.20. The van der Waals surface area contributed by atoms with Crippen LogP contribution in [-0.4, -0.2) is 25.0 Å². The fraction of sp³-hybridized carbons (Fsp3) is 0.500. The van der Waals surface area contributed by atoms with Gasteiger partial charge in [0.1, 0.15) is 0 Å². The van der Waals surface area contributed by atoms with Crippen LogP contribution in [0.15, 0.2) is 30.3 Å². The maximum Gasteiger partial charge on any atom is 0.285 e. The van der Waals surface area contributed by atoms with Crippen molar-refractivity contribution in [2.75, 3.05) is 13.1 Å². The number of benzene rings is 1. The highest BCUT2D eigenvalue weighted by Gasteiger charge is 2.31. The molecule has 106 valence electrons. The smallest absolute Gasteiger partial charge is 0.285 e. The normalized spacial score (nSPS) is 13.1. The van der Waals surface area contributed by atoms with E-state index in [1.165, 1.54) is 12.1 Å². The van der Waals surface area contributed by atoms with E-state index in [4.69, 9.17) is 0 Å². The van der Waals surface area contributed by atoms with Crippen LogP contribution in [0, 0.1) is 0 Å². The second-order valence-electron chi connectivity index (χ2n) is 4.46. The van der Waals surface area contributed by atoms with Crippen molar-refractivity contribution in [3.63, 3.8) is 0 Å². The van der Waals surface area contributed by atoms with Crippen molar-refractivity contribution in [1.29, 1.82) is 0 Å². The molecule has 3 nitrogen and oxygen atoms in total. The minimum Gasteiger partial charge on any atom is -0.355 e. The first-order valence-electron chi connectivity index (χ1n) is 6.42. The van der Waals surface area contributed by atoms with Gasteiger partial charge in [-0.2, -0.15) is 8.78 Å². The van der Waals surface area contributed by atoms with Crippen molar-refractivity contribution in [3.05, 3.63) is 35.9 Å². The Bertz CT molecular complexity index is 396. The molecule has 0 bridgehead atoms. The summed E-state index contributed by atoms with van der Waals surface area (Å²) in [4.78, 5) is 11.5. The molecule has 1 amide bonds. The van der Waals surface area contributed by atoms with Crippen LogP contribution in [0.25, 0.3) is 0 Å². The van der Waals surface area contributed by atoms with Crippen LogP contribution in [0.5, 0.6) is 0 Å². The molecule has 1 aromatic carbocycles. The van der Waals surface area contributed by atoms with Gasteiger partial charge in [0.2, 0.25) is 5.91 Å². The zero-order valence-electron chi connectivity index (χ0n) is 11.2. The van der Waals surface area contributed by atoms with E-state index < -0.39 is 18.5 Å². The van der Waals surface area contributed by atoms with Crippen molar-refractivity contribution in [2.45, 2.75) is 32.2 Å². The summed E-state index contributed by atoms with van der Waals surface area (Å²) in [6.07, 6.45) is 0.818. The molecule has 0 heterocycles. The molecule has 1 atom stereocenters. The SMILES string of the molecule is CCCNC(=O)C(C)NCC(F)(F)c1ccccc1. The fourth-order valence-corrected chi connectivity index (χ4v) is 1.56. The second kappa shape index (κ2) is 7.19.